The number of carbonyl (C=O) groups excluding carboxylic acids is 4. The number of hydrogen-bond acceptors (Lipinski definition) is 9. The summed E-state index contributed by atoms with van der Waals surface area (Å²) in [7, 11) is 0. The van der Waals surface area contributed by atoms with Crippen molar-refractivity contribution in [1.29, 1.82) is 0 Å². The van der Waals surface area contributed by atoms with E-state index in [1.54, 1.807) is 62.4 Å². The number of likely N-dealkylation sites (tertiary alicyclic amines) is 1. The van der Waals surface area contributed by atoms with E-state index in [4.69, 9.17) is 23.7 Å². The fraction of sp³-hybridized carbons (Fsp3) is 0.273. The van der Waals surface area contributed by atoms with Gasteiger partial charge in [0, 0.05) is 0 Å². The van der Waals surface area contributed by atoms with E-state index in [1.807, 2.05) is 42.5 Å². The third-order valence-corrected chi connectivity index (χ3v) is 6.33. The number of esters is 2. The van der Waals surface area contributed by atoms with Crippen LogP contribution in [0.1, 0.15) is 19.4 Å². The van der Waals surface area contributed by atoms with Crippen LogP contribution in [0.15, 0.2) is 102 Å². The number of nitrogens with one attached hydrogen (secondary N) is 1. The zero-order valence-electron chi connectivity index (χ0n) is 24.5. The minimum atomic E-state index is -1.12. The van der Waals surface area contributed by atoms with E-state index in [9.17, 15) is 19.2 Å². The molecule has 230 valence electrons. The van der Waals surface area contributed by atoms with Gasteiger partial charge >= 0.3 is 11.9 Å². The van der Waals surface area contributed by atoms with Crippen molar-refractivity contribution < 1.29 is 42.9 Å². The van der Waals surface area contributed by atoms with Gasteiger partial charge in [0.2, 0.25) is 0 Å². The van der Waals surface area contributed by atoms with Gasteiger partial charge in [-0.3, -0.25) is 14.5 Å². The lowest BCUT2D eigenvalue weighted by Gasteiger charge is -2.46. The molecule has 2 atom stereocenters. The van der Waals surface area contributed by atoms with Crippen LogP contribution >= 0.6 is 0 Å². The Morgan fingerprint density at radius 3 is 1.91 bits per heavy atom. The number of ether oxygens (including phenoxy) is 5. The number of hydrogen-bond donors (Lipinski definition) is 1. The summed E-state index contributed by atoms with van der Waals surface area (Å²) < 4.78 is 27.4. The van der Waals surface area contributed by atoms with Crippen molar-refractivity contribution in [3.05, 3.63) is 108 Å². The van der Waals surface area contributed by atoms with E-state index in [1.165, 1.54) is 0 Å². The molecule has 1 aliphatic heterocycles. The molecule has 0 bridgehead atoms. The number of β-lactam (4-membered cyclic amide) rings is 1. The highest BCUT2D eigenvalue weighted by Gasteiger charge is 2.52. The van der Waals surface area contributed by atoms with Crippen LogP contribution in [0.5, 0.6) is 11.5 Å². The Balaban J connectivity index is 1.37. The summed E-state index contributed by atoms with van der Waals surface area (Å²) in [4.78, 5) is 52.4. The first-order chi connectivity index (χ1) is 21.3. The van der Waals surface area contributed by atoms with Crippen molar-refractivity contribution in [2.45, 2.75) is 32.7 Å². The van der Waals surface area contributed by atoms with Crippen LogP contribution in [0.3, 0.4) is 0 Å². The average Bonchev–Trinajstić information content (AvgIpc) is 3.05. The Morgan fingerprint density at radius 2 is 1.32 bits per heavy atom. The molecule has 0 saturated carbocycles. The molecule has 4 rings (SSSR count). The van der Waals surface area contributed by atoms with E-state index in [0.29, 0.717) is 17.1 Å². The fourth-order valence-corrected chi connectivity index (χ4v) is 4.25. The lowest BCUT2D eigenvalue weighted by molar-refractivity contribution is -0.185. The third kappa shape index (κ3) is 8.92. The summed E-state index contributed by atoms with van der Waals surface area (Å²) in [6, 6.07) is 25.6. The number of nitrogens with zero attached hydrogens (tertiary/aromatic N) is 1. The maximum Gasteiger partial charge on any atom is 0.355 e. The van der Waals surface area contributed by atoms with E-state index in [0.717, 1.165) is 10.5 Å². The average molecular weight is 603 g/mol. The molecule has 1 aliphatic rings. The molecule has 1 heterocycles. The molecule has 2 amide bonds. The maximum atomic E-state index is 13.3. The summed E-state index contributed by atoms with van der Waals surface area (Å²) in [5.41, 5.74) is 1.28. The molecule has 1 N–H and O–H groups in total. The van der Waals surface area contributed by atoms with Gasteiger partial charge in [0.15, 0.2) is 25.5 Å². The molecule has 3 aromatic carbocycles. The van der Waals surface area contributed by atoms with Gasteiger partial charge in [-0.1, -0.05) is 66.7 Å². The van der Waals surface area contributed by atoms with Crippen molar-refractivity contribution in [2.24, 2.45) is 0 Å². The number of allylic oxidation sites excluding steroid dienone is 1. The molecule has 1 fully saturated rings. The predicted octanol–water partition coefficient (Wildman–Crippen LogP) is 3.39. The standard InChI is InChI=1S/C33H34N2O9/c1-23(2)30(33(39)44-20-24-12-6-3-7-13-24)35-31(38)29(34-27(36)21-42-25-14-8-4-9-15-25)32(35)41-19-18-40-28(37)22-43-26-16-10-5-11-17-26/h3-17,29,32H,18-22H2,1-2H3,(H,34,36)/t29-,32?/m1/s1. The van der Waals surface area contributed by atoms with E-state index in [2.05, 4.69) is 5.32 Å². The molecule has 11 heteroatoms. The Morgan fingerprint density at radius 1 is 0.750 bits per heavy atom. The second kappa shape index (κ2) is 15.9. The summed E-state index contributed by atoms with van der Waals surface area (Å²) >= 11 is 0. The monoisotopic (exact) mass is 602 g/mol. The van der Waals surface area contributed by atoms with Gasteiger partial charge < -0.3 is 29.0 Å². The van der Waals surface area contributed by atoms with Gasteiger partial charge in [-0.15, -0.1) is 0 Å². The highest BCUT2D eigenvalue weighted by Crippen LogP contribution is 2.29. The van der Waals surface area contributed by atoms with Gasteiger partial charge in [0.25, 0.3) is 11.8 Å². The van der Waals surface area contributed by atoms with Crippen molar-refractivity contribution >= 4 is 23.8 Å². The van der Waals surface area contributed by atoms with Crippen LogP contribution in [0.4, 0.5) is 0 Å². The van der Waals surface area contributed by atoms with E-state index < -0.39 is 36.0 Å². The Labute approximate surface area is 255 Å². The normalized spacial score (nSPS) is 15.4. The smallest absolute Gasteiger partial charge is 0.355 e. The maximum absolute atomic E-state index is 13.3. The van der Waals surface area contributed by atoms with Gasteiger partial charge in [0.1, 0.15) is 30.4 Å². The Hall–Kier alpha value is -5.16. The molecule has 11 nitrogen and oxygen atoms in total. The summed E-state index contributed by atoms with van der Waals surface area (Å²) in [6.07, 6.45) is -1.07. The summed E-state index contributed by atoms with van der Waals surface area (Å²) in [5, 5.41) is 2.61. The number of para-hydroxylation sites is 2. The zero-order chi connectivity index (χ0) is 31.3. The molecule has 44 heavy (non-hydrogen) atoms. The van der Waals surface area contributed by atoms with Crippen LogP contribution in [0, 0.1) is 0 Å². The third-order valence-electron chi connectivity index (χ3n) is 6.33. The summed E-state index contributed by atoms with van der Waals surface area (Å²) in [5.74, 6) is -1.45. The Kier molecular flexibility index (Phi) is 11.5. The number of amides is 2. The minimum absolute atomic E-state index is 0.00199. The number of rotatable bonds is 15. The first kappa shape index (κ1) is 31.8. The van der Waals surface area contributed by atoms with Gasteiger partial charge in [-0.25, -0.2) is 9.59 Å². The van der Waals surface area contributed by atoms with Crippen molar-refractivity contribution in [2.75, 3.05) is 26.4 Å². The largest absolute Gasteiger partial charge is 0.484 e. The van der Waals surface area contributed by atoms with Crippen molar-refractivity contribution in [3.8, 4) is 11.5 Å². The minimum Gasteiger partial charge on any atom is -0.484 e. The van der Waals surface area contributed by atoms with Gasteiger partial charge in [-0.05, 0) is 49.2 Å². The number of benzene rings is 3. The molecule has 1 unspecified atom stereocenters. The molecular formula is C33H34N2O9. The second-order valence-corrected chi connectivity index (χ2v) is 9.85. The fourth-order valence-electron chi connectivity index (χ4n) is 4.25. The molecule has 0 radical (unpaired) electrons. The molecule has 0 aliphatic carbocycles. The van der Waals surface area contributed by atoms with Gasteiger partial charge in [0.05, 0.1) is 6.61 Å². The first-order valence-corrected chi connectivity index (χ1v) is 14.0. The summed E-state index contributed by atoms with van der Waals surface area (Å²) in [6.45, 7) is 2.40. The van der Waals surface area contributed by atoms with Crippen LogP contribution in [-0.2, 0) is 40.0 Å². The molecule has 0 spiro atoms. The van der Waals surface area contributed by atoms with E-state index >= 15 is 0 Å². The highest BCUT2D eigenvalue weighted by atomic mass is 16.6. The molecule has 0 aromatic heterocycles. The highest BCUT2D eigenvalue weighted by molar-refractivity contribution is 6.01. The lowest BCUT2D eigenvalue weighted by atomic mass is 10.0. The Bertz CT molecular complexity index is 1440. The van der Waals surface area contributed by atoms with Gasteiger partial charge in [-0.2, -0.15) is 0 Å². The predicted molar refractivity (Wildman–Crippen MR) is 158 cm³/mol. The second-order valence-electron chi connectivity index (χ2n) is 9.85. The molecular weight excluding hydrogens is 568 g/mol. The lowest BCUT2D eigenvalue weighted by Crippen LogP contribution is -2.72. The molecule has 3 aromatic rings. The van der Waals surface area contributed by atoms with E-state index in [-0.39, 0.29) is 38.7 Å². The molecule has 1 saturated heterocycles. The van der Waals surface area contributed by atoms with Crippen molar-refractivity contribution in [1.82, 2.24) is 10.2 Å². The SMILES string of the molecule is CC(C)=C(C(=O)OCc1ccccc1)N1C(=O)[C@@H](NC(=O)COc2ccccc2)C1OCCOC(=O)COc1ccccc1. The number of carbonyl (C=O) groups is 4. The van der Waals surface area contributed by atoms with Crippen LogP contribution in [-0.4, -0.2) is 67.4 Å². The first-order valence-electron chi connectivity index (χ1n) is 14.0. The topological polar surface area (TPSA) is 130 Å². The van der Waals surface area contributed by atoms with Crippen LogP contribution < -0.4 is 14.8 Å². The van der Waals surface area contributed by atoms with Crippen molar-refractivity contribution in [3.63, 3.8) is 0 Å². The zero-order valence-corrected chi connectivity index (χ0v) is 24.5. The van der Waals surface area contributed by atoms with Crippen LogP contribution in [0.25, 0.3) is 0 Å². The quantitative estimate of drug-likeness (QED) is 0.120. The van der Waals surface area contributed by atoms with Crippen LogP contribution in [0.2, 0.25) is 0 Å².